The summed E-state index contributed by atoms with van der Waals surface area (Å²) >= 11 is 0. The first-order chi connectivity index (χ1) is 10.4. The van der Waals surface area contributed by atoms with Gasteiger partial charge in [-0.15, -0.1) is 0 Å². The normalized spacial score (nSPS) is 11.2. The van der Waals surface area contributed by atoms with E-state index in [9.17, 15) is 13.2 Å². The number of carbonyl (C=O) groups excluding carboxylic acids is 1. The summed E-state index contributed by atoms with van der Waals surface area (Å²) in [7, 11) is -1.98. The third-order valence-corrected chi connectivity index (χ3v) is 5.13. The van der Waals surface area contributed by atoms with Gasteiger partial charge in [-0.25, -0.2) is 8.42 Å². The van der Waals surface area contributed by atoms with Gasteiger partial charge in [-0.05, 0) is 30.2 Å². The summed E-state index contributed by atoms with van der Waals surface area (Å²) in [4.78, 5) is 13.8. The van der Waals surface area contributed by atoms with E-state index in [1.165, 1.54) is 17.0 Å². The number of nitrogens with zero attached hydrogens (tertiary/aromatic N) is 1. The molecule has 2 aromatic rings. The van der Waals surface area contributed by atoms with E-state index < -0.39 is 21.5 Å². The number of carbonyl (C=O) groups is 1. The molecule has 2 rings (SSSR count). The zero-order valence-corrected chi connectivity index (χ0v) is 13.5. The number of amides is 1. The lowest BCUT2D eigenvalue weighted by molar-refractivity contribution is -0.127. The number of benzene rings is 2. The molecule has 22 heavy (non-hydrogen) atoms. The van der Waals surface area contributed by atoms with Crippen LogP contribution in [0, 0.1) is 6.92 Å². The molecule has 0 aliphatic rings. The summed E-state index contributed by atoms with van der Waals surface area (Å²) in [6.07, 6.45) is 0. The van der Waals surface area contributed by atoms with Gasteiger partial charge in [-0.2, -0.15) is 0 Å². The summed E-state index contributed by atoms with van der Waals surface area (Å²) < 4.78 is 24.4. The van der Waals surface area contributed by atoms with E-state index in [4.69, 9.17) is 0 Å². The van der Waals surface area contributed by atoms with Crippen LogP contribution in [0.3, 0.4) is 0 Å². The van der Waals surface area contributed by atoms with Gasteiger partial charge in [0, 0.05) is 13.6 Å². The first kappa shape index (κ1) is 16.2. The van der Waals surface area contributed by atoms with E-state index in [2.05, 4.69) is 0 Å². The molecule has 0 aliphatic heterocycles. The van der Waals surface area contributed by atoms with E-state index in [1.807, 2.05) is 31.2 Å². The van der Waals surface area contributed by atoms with Crippen LogP contribution in [0.4, 0.5) is 0 Å². The van der Waals surface area contributed by atoms with Crippen molar-refractivity contribution in [3.8, 4) is 0 Å². The molecule has 2 aromatic carbocycles. The van der Waals surface area contributed by atoms with Gasteiger partial charge in [-0.3, -0.25) is 4.79 Å². The zero-order chi connectivity index (χ0) is 16.2. The van der Waals surface area contributed by atoms with Crippen LogP contribution in [0.25, 0.3) is 0 Å². The molecule has 0 bridgehead atoms. The third kappa shape index (κ3) is 3.95. The van der Waals surface area contributed by atoms with Crippen LogP contribution in [0.15, 0.2) is 59.5 Å². The Balaban J connectivity index is 2.07. The van der Waals surface area contributed by atoms with E-state index in [1.54, 1.807) is 25.2 Å². The van der Waals surface area contributed by atoms with E-state index in [0.717, 1.165) is 11.1 Å². The first-order valence-electron chi connectivity index (χ1n) is 6.96. The monoisotopic (exact) mass is 317 g/mol. The standard InChI is InChI=1S/C17H19NO3S/c1-14-8-6-7-9-15(14)12-18(2)17(19)13-22(20,21)16-10-4-3-5-11-16/h3-11H,12-13H2,1-2H3. The molecule has 4 nitrogen and oxygen atoms in total. The molecule has 0 aromatic heterocycles. The Morgan fingerprint density at radius 3 is 2.23 bits per heavy atom. The van der Waals surface area contributed by atoms with Crippen molar-refractivity contribution >= 4 is 15.7 Å². The lowest BCUT2D eigenvalue weighted by atomic mass is 10.1. The lowest BCUT2D eigenvalue weighted by Crippen LogP contribution is -2.32. The Labute approximate surface area is 131 Å². The molecule has 0 heterocycles. The van der Waals surface area contributed by atoms with Crippen LogP contribution >= 0.6 is 0 Å². The topological polar surface area (TPSA) is 54.5 Å². The van der Waals surface area contributed by atoms with Gasteiger partial charge in [0.25, 0.3) is 0 Å². The number of aryl methyl sites for hydroxylation is 1. The lowest BCUT2D eigenvalue weighted by Gasteiger charge is -2.18. The summed E-state index contributed by atoms with van der Waals surface area (Å²) in [5, 5.41) is 0. The van der Waals surface area contributed by atoms with Crippen molar-refractivity contribution in [1.29, 1.82) is 0 Å². The molecule has 0 N–H and O–H groups in total. The molecular formula is C17H19NO3S. The number of sulfone groups is 1. The van der Waals surface area contributed by atoms with Crippen molar-refractivity contribution in [3.63, 3.8) is 0 Å². The van der Waals surface area contributed by atoms with Crippen LogP contribution in [0.1, 0.15) is 11.1 Å². The van der Waals surface area contributed by atoms with Gasteiger partial charge >= 0.3 is 0 Å². The Hall–Kier alpha value is -2.14. The molecule has 0 aliphatic carbocycles. The summed E-state index contributed by atoms with van der Waals surface area (Å²) in [6.45, 7) is 2.37. The highest BCUT2D eigenvalue weighted by atomic mass is 32.2. The molecule has 0 fully saturated rings. The quantitative estimate of drug-likeness (QED) is 0.851. The van der Waals surface area contributed by atoms with Crippen LogP contribution in [-0.2, 0) is 21.2 Å². The Morgan fingerprint density at radius 2 is 1.59 bits per heavy atom. The number of hydrogen-bond acceptors (Lipinski definition) is 3. The van der Waals surface area contributed by atoms with Crippen molar-refractivity contribution in [1.82, 2.24) is 4.90 Å². The second kappa shape index (κ2) is 6.75. The molecule has 0 radical (unpaired) electrons. The van der Waals surface area contributed by atoms with Crippen LogP contribution in [-0.4, -0.2) is 32.0 Å². The van der Waals surface area contributed by atoms with Crippen LogP contribution < -0.4 is 0 Å². The zero-order valence-electron chi connectivity index (χ0n) is 12.7. The summed E-state index contributed by atoms with van der Waals surface area (Å²) in [6, 6.07) is 15.8. The third-order valence-electron chi connectivity index (χ3n) is 3.51. The second-order valence-corrected chi connectivity index (χ2v) is 7.24. The van der Waals surface area contributed by atoms with E-state index >= 15 is 0 Å². The maximum atomic E-state index is 12.2. The predicted octanol–water partition coefficient (Wildman–Crippen LogP) is 2.43. The van der Waals surface area contributed by atoms with E-state index in [-0.39, 0.29) is 4.90 Å². The SMILES string of the molecule is Cc1ccccc1CN(C)C(=O)CS(=O)(=O)c1ccccc1. The van der Waals surface area contributed by atoms with Gasteiger partial charge in [0.2, 0.25) is 5.91 Å². The fourth-order valence-corrected chi connectivity index (χ4v) is 3.40. The maximum Gasteiger partial charge on any atom is 0.238 e. The minimum atomic E-state index is -3.60. The van der Waals surface area contributed by atoms with Crippen molar-refractivity contribution < 1.29 is 13.2 Å². The van der Waals surface area contributed by atoms with Crippen molar-refractivity contribution in [2.24, 2.45) is 0 Å². The van der Waals surface area contributed by atoms with Gasteiger partial charge in [0.15, 0.2) is 9.84 Å². The van der Waals surface area contributed by atoms with Gasteiger partial charge < -0.3 is 4.90 Å². The average Bonchev–Trinajstić information content (AvgIpc) is 2.50. The van der Waals surface area contributed by atoms with Crippen molar-refractivity contribution in [2.45, 2.75) is 18.4 Å². The minimum Gasteiger partial charge on any atom is -0.341 e. The highest BCUT2D eigenvalue weighted by Crippen LogP contribution is 2.13. The van der Waals surface area contributed by atoms with E-state index in [0.29, 0.717) is 6.54 Å². The fraction of sp³-hybridized carbons (Fsp3) is 0.235. The molecule has 0 spiro atoms. The highest BCUT2D eigenvalue weighted by molar-refractivity contribution is 7.92. The largest absolute Gasteiger partial charge is 0.341 e. The minimum absolute atomic E-state index is 0.174. The molecule has 0 saturated heterocycles. The number of rotatable bonds is 5. The molecule has 0 atom stereocenters. The second-order valence-electron chi connectivity index (χ2n) is 5.25. The van der Waals surface area contributed by atoms with Crippen molar-refractivity contribution in [2.75, 3.05) is 12.8 Å². The van der Waals surface area contributed by atoms with Gasteiger partial charge in [-0.1, -0.05) is 42.5 Å². The molecule has 0 saturated carbocycles. The molecule has 5 heteroatoms. The molecule has 0 unspecified atom stereocenters. The van der Waals surface area contributed by atoms with Crippen molar-refractivity contribution in [3.05, 3.63) is 65.7 Å². The smallest absolute Gasteiger partial charge is 0.238 e. The Morgan fingerprint density at radius 1 is 1.00 bits per heavy atom. The summed E-state index contributed by atoms with van der Waals surface area (Å²) in [5.41, 5.74) is 2.09. The van der Waals surface area contributed by atoms with Gasteiger partial charge in [0.1, 0.15) is 5.75 Å². The first-order valence-corrected chi connectivity index (χ1v) is 8.61. The molecule has 116 valence electrons. The highest BCUT2D eigenvalue weighted by Gasteiger charge is 2.21. The van der Waals surface area contributed by atoms with Crippen LogP contribution in [0.5, 0.6) is 0 Å². The van der Waals surface area contributed by atoms with Gasteiger partial charge in [0.05, 0.1) is 4.90 Å². The average molecular weight is 317 g/mol. The Bertz CT molecular complexity index is 754. The van der Waals surface area contributed by atoms with Crippen LogP contribution in [0.2, 0.25) is 0 Å². The molecular weight excluding hydrogens is 298 g/mol. The summed E-state index contributed by atoms with van der Waals surface area (Å²) in [5.74, 6) is -0.925. The Kier molecular flexibility index (Phi) is 4.98. The number of hydrogen-bond donors (Lipinski definition) is 0. The molecule has 1 amide bonds. The fourth-order valence-electron chi connectivity index (χ4n) is 2.12. The maximum absolute atomic E-state index is 12.2. The predicted molar refractivity (Wildman–Crippen MR) is 86.1 cm³/mol.